The monoisotopic (exact) mass is 189 g/mol. The lowest BCUT2D eigenvalue weighted by atomic mass is 10.00. The molecule has 0 aromatic heterocycles. The number of anilines is 1. The number of rotatable bonds is 2. The van der Waals surface area contributed by atoms with Crippen molar-refractivity contribution in [3.63, 3.8) is 0 Å². The maximum Gasteiger partial charge on any atom is 0.228 e. The van der Waals surface area contributed by atoms with E-state index in [2.05, 4.69) is 31.3 Å². The maximum absolute atomic E-state index is 11.2. The third-order valence-electron chi connectivity index (χ3n) is 2.71. The molecule has 1 amide bonds. The minimum Gasteiger partial charge on any atom is -0.326 e. The minimum atomic E-state index is 0.119. The Morgan fingerprint density at radius 1 is 1.43 bits per heavy atom. The minimum absolute atomic E-state index is 0.119. The lowest BCUT2D eigenvalue weighted by Gasteiger charge is -2.07. The fourth-order valence-corrected chi connectivity index (χ4v) is 1.97. The largest absolute Gasteiger partial charge is 0.326 e. The second-order valence-corrected chi connectivity index (χ2v) is 3.91. The molecule has 1 N–H and O–H groups in total. The van der Waals surface area contributed by atoms with Gasteiger partial charge in [0.05, 0.1) is 6.42 Å². The van der Waals surface area contributed by atoms with Crippen molar-refractivity contribution in [1.82, 2.24) is 0 Å². The standard InChI is InChI=1S/C12H15NO/c1-3-4-9-6-10-7-12(14)13-11(10)5-8(9)2/h5-6H,3-4,7H2,1-2H3,(H,13,14). The van der Waals surface area contributed by atoms with Crippen LogP contribution in [0.15, 0.2) is 12.1 Å². The predicted molar refractivity (Wildman–Crippen MR) is 57.5 cm³/mol. The van der Waals surface area contributed by atoms with Gasteiger partial charge in [-0.15, -0.1) is 0 Å². The summed E-state index contributed by atoms with van der Waals surface area (Å²) in [6, 6.07) is 4.26. The molecule has 0 radical (unpaired) electrons. The summed E-state index contributed by atoms with van der Waals surface area (Å²) in [7, 11) is 0. The van der Waals surface area contributed by atoms with Crippen LogP contribution >= 0.6 is 0 Å². The van der Waals surface area contributed by atoms with Crippen molar-refractivity contribution >= 4 is 11.6 Å². The van der Waals surface area contributed by atoms with Gasteiger partial charge in [0.1, 0.15) is 0 Å². The molecule has 2 heteroatoms. The normalized spacial score (nSPS) is 14.0. The predicted octanol–water partition coefficient (Wildman–Crippen LogP) is 2.44. The van der Waals surface area contributed by atoms with Crippen molar-refractivity contribution in [2.75, 3.05) is 5.32 Å². The van der Waals surface area contributed by atoms with Gasteiger partial charge in [-0.2, -0.15) is 0 Å². The molecule has 74 valence electrons. The van der Waals surface area contributed by atoms with Crippen molar-refractivity contribution < 1.29 is 4.79 Å². The summed E-state index contributed by atoms with van der Waals surface area (Å²) in [4.78, 5) is 11.2. The highest BCUT2D eigenvalue weighted by Gasteiger charge is 2.18. The highest BCUT2D eigenvalue weighted by Crippen LogP contribution is 2.27. The molecule has 0 bridgehead atoms. The number of aryl methyl sites for hydroxylation is 2. The summed E-state index contributed by atoms with van der Waals surface area (Å²) < 4.78 is 0. The first-order valence-corrected chi connectivity index (χ1v) is 5.13. The Bertz CT molecular complexity index is 382. The van der Waals surface area contributed by atoms with E-state index >= 15 is 0 Å². The molecule has 1 aromatic rings. The molecule has 0 fully saturated rings. The van der Waals surface area contributed by atoms with E-state index in [0.29, 0.717) is 6.42 Å². The van der Waals surface area contributed by atoms with Crippen LogP contribution < -0.4 is 5.32 Å². The first-order valence-electron chi connectivity index (χ1n) is 5.13. The third kappa shape index (κ3) is 1.52. The lowest BCUT2D eigenvalue weighted by molar-refractivity contribution is -0.115. The molecule has 2 rings (SSSR count). The van der Waals surface area contributed by atoms with Crippen LogP contribution in [0.5, 0.6) is 0 Å². The second kappa shape index (κ2) is 3.45. The molecule has 1 aliphatic heterocycles. The lowest BCUT2D eigenvalue weighted by Crippen LogP contribution is -2.03. The number of amides is 1. The smallest absolute Gasteiger partial charge is 0.228 e. The SMILES string of the molecule is CCCc1cc2c(cc1C)NC(=O)C2. The first-order chi connectivity index (χ1) is 6.70. The van der Waals surface area contributed by atoms with E-state index in [1.54, 1.807) is 0 Å². The summed E-state index contributed by atoms with van der Waals surface area (Å²) >= 11 is 0. The zero-order chi connectivity index (χ0) is 10.1. The Kier molecular flexibility index (Phi) is 2.28. The quantitative estimate of drug-likeness (QED) is 0.760. The van der Waals surface area contributed by atoms with Crippen LogP contribution in [0.3, 0.4) is 0 Å². The highest BCUT2D eigenvalue weighted by molar-refractivity contribution is 5.99. The van der Waals surface area contributed by atoms with E-state index in [4.69, 9.17) is 0 Å². The van der Waals surface area contributed by atoms with E-state index in [-0.39, 0.29) is 5.91 Å². The number of benzene rings is 1. The van der Waals surface area contributed by atoms with E-state index in [0.717, 1.165) is 24.1 Å². The zero-order valence-electron chi connectivity index (χ0n) is 8.68. The van der Waals surface area contributed by atoms with Gasteiger partial charge in [0.15, 0.2) is 0 Å². The summed E-state index contributed by atoms with van der Waals surface area (Å²) in [5.74, 6) is 0.119. The third-order valence-corrected chi connectivity index (χ3v) is 2.71. The van der Waals surface area contributed by atoms with Gasteiger partial charge in [0.25, 0.3) is 0 Å². The Labute approximate surface area is 84.3 Å². The molecule has 1 heterocycles. The van der Waals surface area contributed by atoms with Crippen molar-refractivity contribution in [3.8, 4) is 0 Å². The van der Waals surface area contributed by atoms with Gasteiger partial charge >= 0.3 is 0 Å². The van der Waals surface area contributed by atoms with Crippen LogP contribution in [0.25, 0.3) is 0 Å². The fourth-order valence-electron chi connectivity index (χ4n) is 1.97. The van der Waals surface area contributed by atoms with Crippen molar-refractivity contribution in [1.29, 1.82) is 0 Å². The summed E-state index contributed by atoms with van der Waals surface area (Å²) in [5.41, 5.74) is 4.83. The molecule has 1 aromatic carbocycles. The van der Waals surface area contributed by atoms with E-state index in [1.165, 1.54) is 11.1 Å². The summed E-state index contributed by atoms with van der Waals surface area (Å²) in [6.45, 7) is 4.28. The highest BCUT2D eigenvalue weighted by atomic mass is 16.1. The van der Waals surface area contributed by atoms with Crippen LogP contribution in [0.4, 0.5) is 5.69 Å². The van der Waals surface area contributed by atoms with Gasteiger partial charge in [-0.1, -0.05) is 19.4 Å². The number of fused-ring (bicyclic) bond motifs is 1. The van der Waals surface area contributed by atoms with Gasteiger partial charge in [-0.05, 0) is 36.1 Å². The molecule has 0 saturated heterocycles. The van der Waals surface area contributed by atoms with Gasteiger partial charge in [0, 0.05) is 5.69 Å². The molecule has 0 spiro atoms. The molecule has 0 unspecified atom stereocenters. The second-order valence-electron chi connectivity index (χ2n) is 3.91. The number of carbonyl (C=O) groups excluding carboxylic acids is 1. The molecule has 0 atom stereocenters. The molecular formula is C12H15NO. The first kappa shape index (κ1) is 9.25. The van der Waals surface area contributed by atoms with E-state index < -0.39 is 0 Å². The number of nitrogens with one attached hydrogen (secondary N) is 1. The summed E-state index contributed by atoms with van der Waals surface area (Å²) in [5, 5.41) is 2.87. The van der Waals surface area contributed by atoms with Gasteiger partial charge in [-0.25, -0.2) is 0 Å². The zero-order valence-corrected chi connectivity index (χ0v) is 8.68. The van der Waals surface area contributed by atoms with E-state index in [1.807, 2.05) is 0 Å². The van der Waals surface area contributed by atoms with Crippen LogP contribution in [-0.2, 0) is 17.6 Å². The maximum atomic E-state index is 11.2. The van der Waals surface area contributed by atoms with Crippen molar-refractivity contribution in [2.45, 2.75) is 33.1 Å². The number of carbonyl (C=O) groups is 1. The van der Waals surface area contributed by atoms with Gasteiger partial charge < -0.3 is 5.32 Å². The fraction of sp³-hybridized carbons (Fsp3) is 0.417. The molecule has 0 aliphatic carbocycles. The van der Waals surface area contributed by atoms with Gasteiger partial charge in [0.2, 0.25) is 5.91 Å². The number of hydrogen-bond donors (Lipinski definition) is 1. The van der Waals surface area contributed by atoms with E-state index in [9.17, 15) is 4.79 Å². The average Bonchev–Trinajstić information content (AvgIpc) is 2.45. The molecular weight excluding hydrogens is 174 g/mol. The Morgan fingerprint density at radius 2 is 2.21 bits per heavy atom. The molecule has 14 heavy (non-hydrogen) atoms. The van der Waals surface area contributed by atoms with Crippen molar-refractivity contribution in [3.05, 3.63) is 28.8 Å². The molecule has 1 aliphatic rings. The topological polar surface area (TPSA) is 29.1 Å². The Balaban J connectivity index is 2.39. The van der Waals surface area contributed by atoms with Crippen LogP contribution in [0.2, 0.25) is 0 Å². The molecule has 2 nitrogen and oxygen atoms in total. The Hall–Kier alpha value is -1.31. The van der Waals surface area contributed by atoms with Crippen molar-refractivity contribution in [2.24, 2.45) is 0 Å². The Morgan fingerprint density at radius 3 is 2.93 bits per heavy atom. The summed E-state index contributed by atoms with van der Waals surface area (Å²) in [6.07, 6.45) is 2.81. The van der Waals surface area contributed by atoms with Gasteiger partial charge in [-0.3, -0.25) is 4.79 Å². The van der Waals surface area contributed by atoms with Crippen LogP contribution in [0.1, 0.15) is 30.0 Å². The molecule has 0 saturated carbocycles. The average molecular weight is 189 g/mol. The number of hydrogen-bond acceptors (Lipinski definition) is 1. The van der Waals surface area contributed by atoms with Crippen LogP contribution in [0, 0.1) is 6.92 Å². The van der Waals surface area contributed by atoms with Crippen LogP contribution in [-0.4, -0.2) is 5.91 Å².